The van der Waals surface area contributed by atoms with Gasteiger partial charge in [0.1, 0.15) is 5.75 Å². The first-order valence-electron chi connectivity index (χ1n) is 9.71. The number of ether oxygens (including phenoxy) is 1. The highest BCUT2D eigenvalue weighted by Crippen LogP contribution is 2.27. The summed E-state index contributed by atoms with van der Waals surface area (Å²) >= 11 is 0. The number of nitrogens with zero attached hydrogens (tertiary/aromatic N) is 1. The van der Waals surface area contributed by atoms with Crippen LogP contribution in [0.4, 0.5) is 10.5 Å². The molecule has 0 bridgehead atoms. The van der Waals surface area contributed by atoms with Crippen LogP contribution in [0, 0.1) is 0 Å². The monoisotopic (exact) mass is 381 g/mol. The second-order valence-electron chi connectivity index (χ2n) is 6.88. The number of carbonyl (C=O) groups is 2. The molecule has 0 saturated carbocycles. The van der Waals surface area contributed by atoms with Gasteiger partial charge < -0.3 is 20.3 Å². The van der Waals surface area contributed by atoms with Crippen LogP contribution in [0.25, 0.3) is 0 Å². The number of nitrogens with one attached hydrogen (secondary N) is 2. The third kappa shape index (κ3) is 4.82. The standard InChI is InChI=1S/C22H27N3O3/c1-3-28-20-11-9-19(10-12-20)24-21(26)17-7-4-6-16(14-17)18-8-5-13-25(15-18)22(27)23-2/h4,6-7,9-12,14,18H,3,5,8,13,15H2,1-2H3,(H,23,27)(H,24,26)/t18-/m0/s1. The minimum Gasteiger partial charge on any atom is -0.494 e. The van der Waals surface area contributed by atoms with Crippen LogP contribution in [0.15, 0.2) is 48.5 Å². The predicted octanol–water partition coefficient (Wildman–Crippen LogP) is 3.86. The second kappa shape index (κ2) is 9.26. The number of rotatable bonds is 5. The van der Waals surface area contributed by atoms with Gasteiger partial charge in [-0.15, -0.1) is 0 Å². The van der Waals surface area contributed by atoms with Crippen LogP contribution in [0.2, 0.25) is 0 Å². The van der Waals surface area contributed by atoms with Gasteiger partial charge in [0.05, 0.1) is 6.61 Å². The van der Waals surface area contributed by atoms with Gasteiger partial charge in [-0.05, 0) is 61.7 Å². The highest BCUT2D eigenvalue weighted by molar-refractivity contribution is 6.04. The van der Waals surface area contributed by atoms with Gasteiger partial charge in [0.2, 0.25) is 0 Å². The zero-order valence-corrected chi connectivity index (χ0v) is 16.4. The van der Waals surface area contributed by atoms with E-state index in [0.29, 0.717) is 18.7 Å². The molecule has 0 aromatic heterocycles. The SMILES string of the molecule is CCOc1ccc(NC(=O)c2cccc([C@H]3CCCN(C(=O)NC)C3)c2)cc1. The number of likely N-dealkylation sites (tertiary alicyclic amines) is 1. The lowest BCUT2D eigenvalue weighted by Gasteiger charge is -2.32. The summed E-state index contributed by atoms with van der Waals surface area (Å²) in [5.41, 5.74) is 2.43. The molecule has 1 fully saturated rings. The number of piperidine rings is 1. The summed E-state index contributed by atoms with van der Waals surface area (Å²) in [6.07, 6.45) is 1.97. The third-order valence-electron chi connectivity index (χ3n) is 4.97. The molecule has 3 rings (SSSR count). The normalized spacial score (nSPS) is 16.4. The molecule has 2 N–H and O–H groups in total. The average molecular weight is 381 g/mol. The van der Waals surface area contributed by atoms with Gasteiger partial charge in [-0.3, -0.25) is 4.79 Å². The van der Waals surface area contributed by atoms with Crippen molar-refractivity contribution in [1.82, 2.24) is 10.2 Å². The van der Waals surface area contributed by atoms with Gasteiger partial charge in [0.15, 0.2) is 0 Å². The zero-order valence-electron chi connectivity index (χ0n) is 16.4. The summed E-state index contributed by atoms with van der Waals surface area (Å²) in [5, 5.41) is 5.61. The van der Waals surface area contributed by atoms with E-state index in [4.69, 9.17) is 4.74 Å². The number of urea groups is 1. The first-order valence-corrected chi connectivity index (χ1v) is 9.71. The maximum absolute atomic E-state index is 12.7. The number of carbonyl (C=O) groups excluding carboxylic acids is 2. The van der Waals surface area contributed by atoms with E-state index >= 15 is 0 Å². The van der Waals surface area contributed by atoms with Gasteiger partial charge in [-0.25, -0.2) is 4.79 Å². The van der Waals surface area contributed by atoms with E-state index < -0.39 is 0 Å². The van der Waals surface area contributed by atoms with E-state index in [1.54, 1.807) is 7.05 Å². The van der Waals surface area contributed by atoms with Crippen LogP contribution in [-0.4, -0.2) is 43.6 Å². The summed E-state index contributed by atoms with van der Waals surface area (Å²) in [6.45, 7) is 3.98. The number of anilines is 1. The Bertz CT molecular complexity index is 820. The van der Waals surface area contributed by atoms with Crippen molar-refractivity contribution in [2.45, 2.75) is 25.7 Å². The summed E-state index contributed by atoms with van der Waals surface area (Å²) in [7, 11) is 1.65. The van der Waals surface area contributed by atoms with E-state index in [-0.39, 0.29) is 17.9 Å². The molecule has 0 unspecified atom stereocenters. The molecule has 148 valence electrons. The molecular weight excluding hydrogens is 354 g/mol. The van der Waals surface area contributed by atoms with Gasteiger partial charge in [0.25, 0.3) is 5.91 Å². The number of hydrogen-bond donors (Lipinski definition) is 2. The Labute approximate surface area is 165 Å². The van der Waals surface area contributed by atoms with Gasteiger partial charge in [-0.2, -0.15) is 0 Å². The fourth-order valence-electron chi connectivity index (χ4n) is 3.53. The summed E-state index contributed by atoms with van der Waals surface area (Å²) < 4.78 is 5.42. The van der Waals surface area contributed by atoms with Crippen molar-refractivity contribution in [3.05, 3.63) is 59.7 Å². The quantitative estimate of drug-likeness (QED) is 0.826. The van der Waals surface area contributed by atoms with E-state index in [0.717, 1.165) is 36.4 Å². The number of amides is 3. The predicted molar refractivity (Wildman–Crippen MR) is 110 cm³/mol. The Morgan fingerprint density at radius 1 is 1.18 bits per heavy atom. The van der Waals surface area contributed by atoms with Gasteiger partial charge in [-0.1, -0.05) is 12.1 Å². The van der Waals surface area contributed by atoms with Crippen molar-refractivity contribution in [3.63, 3.8) is 0 Å². The van der Waals surface area contributed by atoms with Gasteiger partial charge in [0, 0.05) is 37.3 Å². The minimum atomic E-state index is -0.148. The molecule has 1 aliphatic heterocycles. The Balaban J connectivity index is 1.68. The van der Waals surface area contributed by atoms with Crippen molar-refractivity contribution >= 4 is 17.6 Å². The van der Waals surface area contributed by atoms with Crippen LogP contribution in [0.5, 0.6) is 5.75 Å². The Morgan fingerprint density at radius 3 is 2.68 bits per heavy atom. The first-order chi connectivity index (χ1) is 13.6. The Hall–Kier alpha value is -3.02. The highest BCUT2D eigenvalue weighted by Gasteiger charge is 2.24. The molecule has 0 aliphatic carbocycles. The second-order valence-corrected chi connectivity index (χ2v) is 6.88. The summed E-state index contributed by atoms with van der Waals surface area (Å²) in [4.78, 5) is 26.4. The lowest BCUT2D eigenvalue weighted by Crippen LogP contribution is -2.43. The topological polar surface area (TPSA) is 70.7 Å². The highest BCUT2D eigenvalue weighted by atomic mass is 16.5. The molecule has 6 heteroatoms. The molecule has 1 atom stereocenters. The van der Waals surface area contributed by atoms with Crippen molar-refractivity contribution in [2.24, 2.45) is 0 Å². The van der Waals surface area contributed by atoms with Crippen LogP contribution in [-0.2, 0) is 0 Å². The molecule has 2 aromatic rings. The zero-order chi connectivity index (χ0) is 19.9. The Kier molecular flexibility index (Phi) is 6.53. The molecule has 1 saturated heterocycles. The molecule has 2 aromatic carbocycles. The van der Waals surface area contributed by atoms with Crippen LogP contribution < -0.4 is 15.4 Å². The molecule has 6 nitrogen and oxygen atoms in total. The van der Waals surface area contributed by atoms with Crippen molar-refractivity contribution in [1.29, 1.82) is 0 Å². The maximum Gasteiger partial charge on any atom is 0.317 e. The van der Waals surface area contributed by atoms with Crippen molar-refractivity contribution < 1.29 is 14.3 Å². The number of benzene rings is 2. The van der Waals surface area contributed by atoms with E-state index in [1.807, 2.05) is 60.4 Å². The summed E-state index contributed by atoms with van der Waals surface area (Å²) in [5.74, 6) is 0.870. The molecule has 1 heterocycles. The summed E-state index contributed by atoms with van der Waals surface area (Å²) in [6, 6.07) is 15.0. The maximum atomic E-state index is 12.7. The molecule has 1 aliphatic rings. The first kappa shape index (κ1) is 19.7. The minimum absolute atomic E-state index is 0.0471. The largest absolute Gasteiger partial charge is 0.494 e. The third-order valence-corrected chi connectivity index (χ3v) is 4.97. The fourth-order valence-corrected chi connectivity index (χ4v) is 3.53. The molecule has 0 radical (unpaired) electrons. The fraction of sp³-hybridized carbons (Fsp3) is 0.364. The molecule has 0 spiro atoms. The lowest BCUT2D eigenvalue weighted by atomic mass is 9.89. The molecule has 28 heavy (non-hydrogen) atoms. The van der Waals surface area contributed by atoms with Gasteiger partial charge >= 0.3 is 6.03 Å². The average Bonchev–Trinajstić information content (AvgIpc) is 2.75. The van der Waals surface area contributed by atoms with E-state index in [1.165, 1.54) is 0 Å². The lowest BCUT2D eigenvalue weighted by molar-refractivity contribution is 0.102. The van der Waals surface area contributed by atoms with Crippen molar-refractivity contribution in [2.75, 3.05) is 32.1 Å². The molecule has 3 amide bonds. The number of hydrogen-bond acceptors (Lipinski definition) is 3. The van der Waals surface area contributed by atoms with Crippen LogP contribution >= 0.6 is 0 Å². The van der Waals surface area contributed by atoms with Crippen molar-refractivity contribution in [3.8, 4) is 5.75 Å². The Morgan fingerprint density at radius 2 is 1.96 bits per heavy atom. The van der Waals surface area contributed by atoms with Crippen LogP contribution in [0.3, 0.4) is 0 Å². The molecular formula is C22H27N3O3. The van der Waals surface area contributed by atoms with Crippen LogP contribution in [0.1, 0.15) is 41.6 Å². The smallest absolute Gasteiger partial charge is 0.317 e. The van der Waals surface area contributed by atoms with E-state index in [9.17, 15) is 9.59 Å². The van der Waals surface area contributed by atoms with E-state index in [2.05, 4.69) is 10.6 Å².